The van der Waals surface area contributed by atoms with Crippen molar-refractivity contribution in [2.75, 3.05) is 5.75 Å². The molecule has 3 unspecified atom stereocenters. The Balaban J connectivity index is 0.000000221. The first-order valence-corrected chi connectivity index (χ1v) is 6.81. The third kappa shape index (κ3) is 3.40. The topological polar surface area (TPSA) is 58.2 Å². The molecule has 0 aromatic heterocycles. The first-order valence-electron chi connectivity index (χ1n) is 5.76. The van der Waals surface area contributed by atoms with Gasteiger partial charge in [0.1, 0.15) is 5.78 Å². The van der Waals surface area contributed by atoms with Gasteiger partial charge >= 0.3 is 6.03 Å². The average molecular weight is 244 g/mol. The lowest BCUT2D eigenvalue weighted by atomic mass is 10.1. The fraction of sp³-hybridized carbons (Fsp3) is 0.818. The number of carbonyl (C=O) groups excluding carboxylic acids is 2. The maximum atomic E-state index is 10.9. The van der Waals surface area contributed by atoms with E-state index < -0.39 is 0 Å². The molecule has 2 amide bonds. The van der Waals surface area contributed by atoms with Crippen LogP contribution in [0.5, 0.6) is 0 Å². The third-order valence-electron chi connectivity index (χ3n) is 2.84. The predicted molar refractivity (Wildman–Crippen MR) is 66.8 cm³/mol. The smallest absolute Gasteiger partial charge is 0.315 e. The maximum Gasteiger partial charge on any atom is 0.315 e. The van der Waals surface area contributed by atoms with Crippen molar-refractivity contribution in [1.29, 1.82) is 0 Å². The molecule has 0 spiro atoms. The highest BCUT2D eigenvalue weighted by molar-refractivity contribution is 8.00. The van der Waals surface area contributed by atoms with Crippen LogP contribution in [0.15, 0.2) is 0 Å². The molecule has 5 heteroatoms. The monoisotopic (exact) mass is 244 g/mol. The zero-order valence-corrected chi connectivity index (χ0v) is 10.9. The number of amides is 2. The highest BCUT2D eigenvalue weighted by Gasteiger charge is 2.41. The van der Waals surface area contributed by atoms with Crippen LogP contribution in [-0.4, -0.2) is 34.9 Å². The largest absolute Gasteiger partial charge is 0.332 e. The number of nitrogens with one attached hydrogen (secondary N) is 2. The average Bonchev–Trinajstić information content (AvgIpc) is 2.77. The fourth-order valence-electron chi connectivity index (χ4n) is 1.75. The van der Waals surface area contributed by atoms with Crippen LogP contribution < -0.4 is 10.6 Å². The number of Topliss-reactive ketones (excluding diaryl/α,β-unsaturated/α-hetero) is 1. The van der Waals surface area contributed by atoms with Crippen LogP contribution in [0, 0.1) is 0 Å². The lowest BCUT2D eigenvalue weighted by Crippen LogP contribution is -2.36. The van der Waals surface area contributed by atoms with Crippen molar-refractivity contribution in [3.8, 4) is 0 Å². The van der Waals surface area contributed by atoms with Crippen LogP contribution in [0.2, 0.25) is 0 Å². The van der Waals surface area contributed by atoms with E-state index in [1.807, 2.05) is 18.7 Å². The summed E-state index contributed by atoms with van der Waals surface area (Å²) in [5.74, 6) is 1.33. The molecular weight excluding hydrogens is 224 g/mol. The van der Waals surface area contributed by atoms with Gasteiger partial charge in [-0.25, -0.2) is 4.79 Å². The molecule has 0 saturated carbocycles. The molecule has 2 aliphatic heterocycles. The molecule has 2 aliphatic rings. The normalized spacial score (nSPS) is 30.9. The van der Waals surface area contributed by atoms with Gasteiger partial charge in [-0.15, -0.1) is 0 Å². The van der Waals surface area contributed by atoms with Crippen molar-refractivity contribution < 1.29 is 9.59 Å². The van der Waals surface area contributed by atoms with Gasteiger partial charge in [-0.2, -0.15) is 11.8 Å². The maximum absolute atomic E-state index is 10.9. The van der Waals surface area contributed by atoms with E-state index >= 15 is 0 Å². The van der Waals surface area contributed by atoms with Crippen LogP contribution in [0.4, 0.5) is 4.79 Å². The van der Waals surface area contributed by atoms with E-state index in [4.69, 9.17) is 0 Å². The number of ketones is 1. The molecule has 0 radical (unpaired) electrons. The van der Waals surface area contributed by atoms with E-state index in [1.54, 1.807) is 6.92 Å². The minimum Gasteiger partial charge on any atom is -0.332 e. The van der Waals surface area contributed by atoms with Gasteiger partial charge in [0.25, 0.3) is 0 Å². The molecule has 92 valence electrons. The zero-order valence-electron chi connectivity index (χ0n) is 10.1. The predicted octanol–water partition coefficient (Wildman–Crippen LogP) is 1.55. The van der Waals surface area contributed by atoms with Gasteiger partial charge in [0.05, 0.1) is 12.1 Å². The molecule has 2 heterocycles. The van der Waals surface area contributed by atoms with Crippen molar-refractivity contribution in [3.05, 3.63) is 0 Å². The molecule has 0 aromatic carbocycles. The summed E-state index contributed by atoms with van der Waals surface area (Å²) in [6.07, 6.45) is 1.81. The van der Waals surface area contributed by atoms with Crippen LogP contribution in [0.25, 0.3) is 0 Å². The quantitative estimate of drug-likeness (QED) is 0.725. The Bertz CT molecular complexity index is 271. The molecular formula is C11H20N2O2S. The summed E-state index contributed by atoms with van der Waals surface area (Å²) in [5, 5.41) is 6.48. The Kier molecular flexibility index (Phi) is 5.12. The second kappa shape index (κ2) is 6.13. The van der Waals surface area contributed by atoms with Gasteiger partial charge in [0.2, 0.25) is 0 Å². The number of hydrogen-bond donors (Lipinski definition) is 2. The summed E-state index contributed by atoms with van der Waals surface area (Å²) < 4.78 is 0. The van der Waals surface area contributed by atoms with Crippen molar-refractivity contribution in [2.24, 2.45) is 0 Å². The van der Waals surface area contributed by atoms with E-state index in [9.17, 15) is 9.59 Å². The van der Waals surface area contributed by atoms with E-state index in [0.717, 1.165) is 12.2 Å². The van der Waals surface area contributed by atoms with Gasteiger partial charge in [0.15, 0.2) is 0 Å². The SMILES string of the molecule is CCC(C)=O.CCC1SCC2NC(=O)NC21. The standard InChI is InChI=1S/C7H12N2OS.C4H8O/c1-2-5-6-4(3-11-5)8-7(10)9-6;1-3-4(2)5/h4-6H,2-3H2,1H3,(H2,8,9,10);3H2,1-2H3. The third-order valence-corrected chi connectivity index (χ3v) is 4.44. The summed E-state index contributed by atoms with van der Waals surface area (Å²) in [5.41, 5.74) is 0. The molecule has 3 atom stereocenters. The van der Waals surface area contributed by atoms with Crippen molar-refractivity contribution in [1.82, 2.24) is 10.6 Å². The Hall–Kier alpha value is -0.710. The summed E-state index contributed by atoms with van der Waals surface area (Å²) in [6, 6.07) is 0.786. The first-order chi connectivity index (χ1) is 7.58. The Morgan fingerprint density at radius 1 is 1.44 bits per heavy atom. The highest BCUT2D eigenvalue weighted by atomic mass is 32.2. The fourth-order valence-corrected chi connectivity index (χ4v) is 3.20. The van der Waals surface area contributed by atoms with Gasteiger partial charge in [-0.3, -0.25) is 0 Å². The number of rotatable bonds is 2. The molecule has 16 heavy (non-hydrogen) atoms. The molecule has 0 bridgehead atoms. The second-order valence-electron chi connectivity index (χ2n) is 4.09. The van der Waals surface area contributed by atoms with E-state index in [0.29, 0.717) is 23.8 Å². The van der Waals surface area contributed by atoms with Crippen LogP contribution in [0.3, 0.4) is 0 Å². The van der Waals surface area contributed by atoms with Crippen LogP contribution >= 0.6 is 11.8 Å². The van der Waals surface area contributed by atoms with Crippen LogP contribution in [0.1, 0.15) is 33.6 Å². The molecule has 0 aliphatic carbocycles. The Morgan fingerprint density at radius 2 is 2.06 bits per heavy atom. The minimum atomic E-state index is 0.0127. The number of fused-ring (bicyclic) bond motifs is 1. The van der Waals surface area contributed by atoms with Crippen molar-refractivity contribution in [3.63, 3.8) is 0 Å². The highest BCUT2D eigenvalue weighted by Crippen LogP contribution is 2.31. The number of urea groups is 1. The summed E-state index contributed by atoms with van der Waals surface area (Å²) in [7, 11) is 0. The summed E-state index contributed by atoms with van der Waals surface area (Å²) in [4.78, 5) is 20.7. The summed E-state index contributed by atoms with van der Waals surface area (Å²) in [6.45, 7) is 5.60. The lowest BCUT2D eigenvalue weighted by Gasteiger charge is -2.13. The van der Waals surface area contributed by atoms with E-state index in [1.165, 1.54) is 0 Å². The second-order valence-corrected chi connectivity index (χ2v) is 5.36. The molecule has 0 aromatic rings. The molecule has 2 N–H and O–H groups in total. The molecule has 2 saturated heterocycles. The summed E-state index contributed by atoms with van der Waals surface area (Å²) >= 11 is 1.96. The lowest BCUT2D eigenvalue weighted by molar-refractivity contribution is -0.116. The molecule has 2 rings (SSSR count). The van der Waals surface area contributed by atoms with Gasteiger partial charge in [0, 0.05) is 17.4 Å². The van der Waals surface area contributed by atoms with Crippen LogP contribution in [-0.2, 0) is 4.79 Å². The number of hydrogen-bond acceptors (Lipinski definition) is 3. The van der Waals surface area contributed by atoms with Crippen molar-refractivity contribution >= 4 is 23.6 Å². The zero-order chi connectivity index (χ0) is 12.1. The number of carbonyl (C=O) groups is 2. The van der Waals surface area contributed by atoms with Gasteiger partial charge < -0.3 is 15.4 Å². The Morgan fingerprint density at radius 3 is 2.56 bits per heavy atom. The first kappa shape index (κ1) is 13.4. The van der Waals surface area contributed by atoms with Gasteiger partial charge in [-0.05, 0) is 13.3 Å². The van der Waals surface area contributed by atoms with Crippen molar-refractivity contribution in [2.45, 2.75) is 50.9 Å². The van der Waals surface area contributed by atoms with Gasteiger partial charge in [-0.1, -0.05) is 13.8 Å². The molecule has 4 nitrogen and oxygen atoms in total. The minimum absolute atomic E-state index is 0.0127. The van der Waals surface area contributed by atoms with E-state index in [2.05, 4.69) is 17.6 Å². The number of thioether (sulfide) groups is 1. The Labute approximate surface area is 101 Å². The van der Waals surface area contributed by atoms with E-state index in [-0.39, 0.29) is 11.8 Å². The molecule has 2 fully saturated rings.